The average molecular weight is 288 g/mol. The second-order valence-corrected chi connectivity index (χ2v) is 5.07. The van der Waals surface area contributed by atoms with Gasteiger partial charge in [-0.25, -0.2) is 0 Å². The molecule has 2 atom stereocenters. The van der Waals surface area contributed by atoms with Crippen molar-refractivity contribution in [1.29, 1.82) is 0 Å². The molecule has 1 aliphatic rings. The van der Waals surface area contributed by atoms with E-state index in [0.717, 1.165) is 5.56 Å². The summed E-state index contributed by atoms with van der Waals surface area (Å²) < 4.78 is 0. The molecular weight excluding hydrogens is 277 g/mol. The summed E-state index contributed by atoms with van der Waals surface area (Å²) in [7, 11) is 0. The molecule has 1 amide bonds. The highest BCUT2D eigenvalue weighted by molar-refractivity contribution is 6.35. The fourth-order valence-corrected chi connectivity index (χ4v) is 2.47. The Hall–Kier alpha value is -1.26. The Morgan fingerprint density at radius 3 is 2.72 bits per heavy atom. The van der Waals surface area contributed by atoms with E-state index in [1.165, 1.54) is 0 Å². The minimum Gasteiger partial charge on any atom is -0.480 e. The summed E-state index contributed by atoms with van der Waals surface area (Å²) >= 11 is 11.8. The second kappa shape index (κ2) is 5.16. The number of amides is 1. The summed E-state index contributed by atoms with van der Waals surface area (Å²) in [5.41, 5.74) is 0.886. The van der Waals surface area contributed by atoms with Crippen LogP contribution in [0.4, 0.5) is 0 Å². The number of carboxylic acid groups (broad SMARTS) is 1. The van der Waals surface area contributed by atoms with E-state index in [1.54, 1.807) is 18.2 Å². The molecule has 1 fully saturated rings. The number of nitrogens with one attached hydrogen (secondary N) is 1. The van der Waals surface area contributed by atoms with Gasteiger partial charge in [-0.2, -0.15) is 0 Å². The summed E-state index contributed by atoms with van der Waals surface area (Å²) in [6.45, 7) is -0.351. The molecule has 2 unspecified atom stereocenters. The van der Waals surface area contributed by atoms with Crippen molar-refractivity contribution in [2.75, 3.05) is 6.54 Å². The van der Waals surface area contributed by atoms with Crippen molar-refractivity contribution in [3.05, 3.63) is 33.8 Å². The fourth-order valence-electron chi connectivity index (χ4n) is 1.92. The number of hydrogen-bond acceptors (Lipinski definition) is 2. The largest absolute Gasteiger partial charge is 0.480 e. The molecule has 0 aromatic heterocycles. The smallest absolute Gasteiger partial charge is 0.322 e. The zero-order chi connectivity index (χ0) is 13.3. The number of benzene rings is 1. The quantitative estimate of drug-likeness (QED) is 0.893. The predicted molar refractivity (Wildman–Crippen MR) is 68.0 cm³/mol. The van der Waals surface area contributed by atoms with E-state index < -0.39 is 5.97 Å². The van der Waals surface area contributed by atoms with Crippen LogP contribution in [-0.2, 0) is 9.59 Å². The maximum atomic E-state index is 11.6. The van der Waals surface area contributed by atoms with Crippen LogP contribution < -0.4 is 5.32 Å². The van der Waals surface area contributed by atoms with E-state index >= 15 is 0 Å². The van der Waals surface area contributed by atoms with E-state index in [-0.39, 0.29) is 24.3 Å². The van der Waals surface area contributed by atoms with Gasteiger partial charge in [-0.15, -0.1) is 0 Å². The minimum absolute atomic E-state index is 0.0589. The predicted octanol–water partition coefficient (Wildman–Crippen LogP) is 2.30. The maximum Gasteiger partial charge on any atom is 0.322 e. The normalized spacial score (nSPS) is 21.4. The van der Waals surface area contributed by atoms with Gasteiger partial charge < -0.3 is 10.4 Å². The van der Waals surface area contributed by atoms with Gasteiger partial charge in [0.15, 0.2) is 0 Å². The number of carboxylic acids is 1. The molecule has 1 aromatic carbocycles. The van der Waals surface area contributed by atoms with Crippen molar-refractivity contribution in [3.63, 3.8) is 0 Å². The van der Waals surface area contributed by atoms with Crippen LogP contribution >= 0.6 is 23.2 Å². The molecular formula is C12H11Cl2NO3. The molecule has 4 nitrogen and oxygen atoms in total. The topological polar surface area (TPSA) is 66.4 Å². The minimum atomic E-state index is -1.05. The first-order valence-electron chi connectivity index (χ1n) is 5.43. The Kier molecular flexibility index (Phi) is 3.78. The van der Waals surface area contributed by atoms with Crippen LogP contribution in [0.15, 0.2) is 18.2 Å². The molecule has 0 bridgehead atoms. The molecule has 2 N–H and O–H groups in total. The highest BCUT2D eigenvalue weighted by Gasteiger charge is 2.44. The number of carbonyl (C=O) groups is 2. The van der Waals surface area contributed by atoms with Gasteiger partial charge in [0.25, 0.3) is 0 Å². The summed E-state index contributed by atoms with van der Waals surface area (Å²) in [5, 5.41) is 11.9. The van der Waals surface area contributed by atoms with Gasteiger partial charge in [0.1, 0.15) is 6.54 Å². The van der Waals surface area contributed by atoms with Gasteiger partial charge in [0.2, 0.25) is 5.91 Å². The first-order valence-corrected chi connectivity index (χ1v) is 6.19. The standard InChI is InChI=1S/C12H11Cl2NO3/c13-6-1-2-7(10(14)3-6)8-4-9(8)12(18)15-5-11(16)17/h1-3,8-9H,4-5H2,(H,15,18)(H,16,17). The van der Waals surface area contributed by atoms with Crippen molar-refractivity contribution in [3.8, 4) is 0 Å². The maximum absolute atomic E-state index is 11.6. The Bertz CT molecular complexity index is 504. The highest BCUT2D eigenvalue weighted by Crippen LogP contribution is 2.49. The molecule has 0 radical (unpaired) electrons. The third-order valence-electron chi connectivity index (χ3n) is 2.90. The summed E-state index contributed by atoms with van der Waals surface area (Å²) in [6, 6.07) is 5.18. The molecule has 0 heterocycles. The van der Waals surface area contributed by atoms with Crippen LogP contribution in [0.3, 0.4) is 0 Å². The zero-order valence-corrected chi connectivity index (χ0v) is 10.8. The van der Waals surface area contributed by atoms with Crippen LogP contribution in [0.25, 0.3) is 0 Å². The zero-order valence-electron chi connectivity index (χ0n) is 9.32. The third kappa shape index (κ3) is 2.94. The first kappa shape index (κ1) is 13.2. The lowest BCUT2D eigenvalue weighted by atomic mass is 10.1. The number of halogens is 2. The van der Waals surface area contributed by atoms with E-state index in [1.807, 2.05) is 0 Å². The monoisotopic (exact) mass is 287 g/mol. The van der Waals surface area contributed by atoms with Crippen molar-refractivity contribution in [2.45, 2.75) is 12.3 Å². The molecule has 0 spiro atoms. The summed E-state index contributed by atoms with van der Waals surface area (Å²) in [4.78, 5) is 22.0. The van der Waals surface area contributed by atoms with E-state index in [4.69, 9.17) is 28.3 Å². The summed E-state index contributed by atoms with van der Waals surface area (Å²) in [5.74, 6) is -1.43. The molecule has 96 valence electrons. The van der Waals surface area contributed by atoms with Crippen molar-refractivity contribution < 1.29 is 14.7 Å². The lowest BCUT2D eigenvalue weighted by Gasteiger charge is -2.04. The lowest BCUT2D eigenvalue weighted by Crippen LogP contribution is -2.30. The Labute approximate surface area is 114 Å². The van der Waals surface area contributed by atoms with Gasteiger partial charge in [-0.05, 0) is 30.0 Å². The van der Waals surface area contributed by atoms with Crippen LogP contribution in [0.2, 0.25) is 10.0 Å². The SMILES string of the molecule is O=C(O)CNC(=O)C1CC1c1ccc(Cl)cc1Cl. The van der Waals surface area contributed by atoms with Gasteiger partial charge >= 0.3 is 5.97 Å². The third-order valence-corrected chi connectivity index (χ3v) is 3.47. The van der Waals surface area contributed by atoms with Gasteiger partial charge in [-0.1, -0.05) is 29.3 Å². The van der Waals surface area contributed by atoms with Crippen molar-refractivity contribution in [1.82, 2.24) is 5.32 Å². The van der Waals surface area contributed by atoms with Crippen molar-refractivity contribution >= 4 is 35.1 Å². The molecule has 0 saturated heterocycles. The Morgan fingerprint density at radius 1 is 1.39 bits per heavy atom. The lowest BCUT2D eigenvalue weighted by molar-refractivity contribution is -0.138. The first-order chi connectivity index (χ1) is 8.49. The van der Waals surface area contributed by atoms with Crippen molar-refractivity contribution in [2.24, 2.45) is 5.92 Å². The number of rotatable bonds is 4. The molecule has 18 heavy (non-hydrogen) atoms. The Balaban J connectivity index is 1.98. The van der Waals surface area contributed by atoms with Crippen LogP contribution in [0.5, 0.6) is 0 Å². The van der Waals surface area contributed by atoms with E-state index in [0.29, 0.717) is 16.5 Å². The molecule has 2 rings (SSSR count). The van der Waals surface area contributed by atoms with E-state index in [2.05, 4.69) is 5.32 Å². The molecule has 6 heteroatoms. The fraction of sp³-hybridized carbons (Fsp3) is 0.333. The van der Waals surface area contributed by atoms with Gasteiger partial charge in [-0.3, -0.25) is 9.59 Å². The van der Waals surface area contributed by atoms with E-state index in [9.17, 15) is 9.59 Å². The number of carbonyl (C=O) groups excluding carboxylic acids is 1. The average Bonchev–Trinajstić information content (AvgIpc) is 3.05. The molecule has 1 aliphatic carbocycles. The highest BCUT2D eigenvalue weighted by atomic mass is 35.5. The second-order valence-electron chi connectivity index (χ2n) is 4.23. The van der Waals surface area contributed by atoms with Gasteiger partial charge in [0.05, 0.1) is 0 Å². The van der Waals surface area contributed by atoms with Crippen LogP contribution in [0.1, 0.15) is 17.9 Å². The van der Waals surface area contributed by atoms with Gasteiger partial charge in [0, 0.05) is 16.0 Å². The molecule has 1 saturated carbocycles. The summed E-state index contributed by atoms with van der Waals surface area (Å²) in [6.07, 6.45) is 0.687. The molecule has 0 aliphatic heterocycles. The Morgan fingerprint density at radius 2 is 2.11 bits per heavy atom. The number of hydrogen-bond donors (Lipinski definition) is 2. The van der Waals surface area contributed by atoms with Crippen LogP contribution in [0, 0.1) is 5.92 Å². The molecule has 1 aromatic rings. The van der Waals surface area contributed by atoms with Crippen LogP contribution in [-0.4, -0.2) is 23.5 Å². The number of aliphatic carboxylic acids is 1.